The van der Waals surface area contributed by atoms with E-state index in [-0.39, 0.29) is 6.04 Å². The zero-order chi connectivity index (χ0) is 13.9. The lowest BCUT2D eigenvalue weighted by atomic mass is 9.87. The van der Waals surface area contributed by atoms with Gasteiger partial charge in [0, 0.05) is 6.04 Å². The molecule has 0 aliphatic heterocycles. The first-order valence-electron chi connectivity index (χ1n) is 6.69. The Bertz CT molecular complexity index is 510. The molecule has 1 aliphatic carbocycles. The second-order valence-electron chi connectivity index (χ2n) is 5.17. The normalized spacial score (nSPS) is 24.1. The van der Waals surface area contributed by atoms with Crippen molar-refractivity contribution >= 4 is 10.0 Å². The van der Waals surface area contributed by atoms with E-state index in [9.17, 15) is 8.42 Å². The molecule has 0 heterocycles. The predicted octanol–water partition coefficient (Wildman–Crippen LogP) is 2.55. The second-order valence-corrected chi connectivity index (χ2v) is 6.88. The first-order valence-corrected chi connectivity index (χ1v) is 8.17. The third kappa shape index (κ3) is 3.48. The van der Waals surface area contributed by atoms with Gasteiger partial charge < -0.3 is 4.74 Å². The van der Waals surface area contributed by atoms with E-state index in [0.717, 1.165) is 19.3 Å². The summed E-state index contributed by atoms with van der Waals surface area (Å²) in [6.07, 6.45) is 4.31. The number of hydrogen-bond donors (Lipinski definition) is 1. The number of benzene rings is 1. The topological polar surface area (TPSA) is 55.4 Å². The van der Waals surface area contributed by atoms with Gasteiger partial charge in [0.1, 0.15) is 5.75 Å². The van der Waals surface area contributed by atoms with Crippen LogP contribution >= 0.6 is 0 Å². The molecule has 2 unspecified atom stereocenters. The van der Waals surface area contributed by atoms with Crippen molar-refractivity contribution in [3.8, 4) is 5.75 Å². The number of rotatable bonds is 4. The Morgan fingerprint density at radius 2 is 1.79 bits per heavy atom. The van der Waals surface area contributed by atoms with Crippen LogP contribution in [0.1, 0.15) is 32.6 Å². The lowest BCUT2D eigenvalue weighted by Gasteiger charge is -2.29. The Balaban J connectivity index is 2.12. The van der Waals surface area contributed by atoms with Gasteiger partial charge in [-0.2, -0.15) is 0 Å². The molecular weight excluding hydrogens is 262 g/mol. The SMILES string of the molecule is COc1ccc(S(=O)(=O)NC2CCCCC2C)cc1. The van der Waals surface area contributed by atoms with Gasteiger partial charge in [-0.15, -0.1) is 0 Å². The maximum absolute atomic E-state index is 12.3. The van der Waals surface area contributed by atoms with Crippen molar-refractivity contribution in [1.29, 1.82) is 0 Å². The molecule has 5 heteroatoms. The highest BCUT2D eigenvalue weighted by Crippen LogP contribution is 2.25. The molecule has 0 saturated heterocycles. The van der Waals surface area contributed by atoms with E-state index < -0.39 is 10.0 Å². The smallest absolute Gasteiger partial charge is 0.240 e. The van der Waals surface area contributed by atoms with Crippen LogP contribution in [0, 0.1) is 5.92 Å². The predicted molar refractivity (Wildman–Crippen MR) is 74.7 cm³/mol. The molecule has 2 rings (SSSR count). The summed E-state index contributed by atoms with van der Waals surface area (Å²) in [6, 6.07) is 6.54. The molecule has 0 spiro atoms. The molecular formula is C14H21NO3S. The van der Waals surface area contributed by atoms with Gasteiger partial charge in [-0.1, -0.05) is 19.8 Å². The van der Waals surface area contributed by atoms with Crippen LogP contribution in [0.15, 0.2) is 29.2 Å². The van der Waals surface area contributed by atoms with Crippen LogP contribution < -0.4 is 9.46 Å². The summed E-state index contributed by atoms with van der Waals surface area (Å²) in [7, 11) is -1.86. The van der Waals surface area contributed by atoms with Gasteiger partial charge in [0.2, 0.25) is 10.0 Å². The molecule has 1 saturated carbocycles. The first kappa shape index (κ1) is 14.3. The van der Waals surface area contributed by atoms with Gasteiger partial charge >= 0.3 is 0 Å². The highest BCUT2D eigenvalue weighted by Gasteiger charge is 2.26. The minimum absolute atomic E-state index is 0.0563. The molecule has 0 bridgehead atoms. The highest BCUT2D eigenvalue weighted by atomic mass is 32.2. The van der Waals surface area contributed by atoms with Crippen molar-refractivity contribution in [2.45, 2.75) is 43.5 Å². The maximum Gasteiger partial charge on any atom is 0.240 e. The molecule has 1 aromatic rings. The Morgan fingerprint density at radius 1 is 1.16 bits per heavy atom. The monoisotopic (exact) mass is 283 g/mol. The largest absolute Gasteiger partial charge is 0.497 e. The van der Waals surface area contributed by atoms with E-state index in [0.29, 0.717) is 16.6 Å². The fourth-order valence-electron chi connectivity index (χ4n) is 2.51. The molecule has 0 radical (unpaired) electrons. The average molecular weight is 283 g/mol. The summed E-state index contributed by atoms with van der Waals surface area (Å²) in [4.78, 5) is 0.297. The summed E-state index contributed by atoms with van der Waals surface area (Å²) < 4.78 is 32.5. The van der Waals surface area contributed by atoms with Crippen molar-refractivity contribution in [3.05, 3.63) is 24.3 Å². The maximum atomic E-state index is 12.3. The fourth-order valence-corrected chi connectivity index (χ4v) is 3.89. The van der Waals surface area contributed by atoms with Crippen LogP contribution in [0.4, 0.5) is 0 Å². The van der Waals surface area contributed by atoms with Crippen LogP contribution in [0.3, 0.4) is 0 Å². The molecule has 0 amide bonds. The molecule has 1 fully saturated rings. The molecule has 1 aliphatic rings. The quantitative estimate of drug-likeness (QED) is 0.924. The summed E-state index contributed by atoms with van der Waals surface area (Å²) in [5, 5.41) is 0. The standard InChI is InChI=1S/C14H21NO3S/c1-11-5-3-4-6-14(11)15-19(16,17)13-9-7-12(18-2)8-10-13/h7-11,14-15H,3-6H2,1-2H3. The van der Waals surface area contributed by atoms with Crippen LogP contribution in [0.5, 0.6) is 5.75 Å². The van der Waals surface area contributed by atoms with E-state index in [1.165, 1.54) is 6.42 Å². The minimum Gasteiger partial charge on any atom is -0.497 e. The number of sulfonamides is 1. The summed E-state index contributed by atoms with van der Waals surface area (Å²) in [5.74, 6) is 1.06. The number of ether oxygens (including phenoxy) is 1. The van der Waals surface area contributed by atoms with Gasteiger partial charge in [-0.05, 0) is 43.0 Å². The van der Waals surface area contributed by atoms with Gasteiger partial charge in [-0.3, -0.25) is 0 Å². The lowest BCUT2D eigenvalue weighted by Crippen LogP contribution is -2.40. The van der Waals surface area contributed by atoms with Crippen molar-refractivity contribution in [1.82, 2.24) is 4.72 Å². The lowest BCUT2D eigenvalue weighted by molar-refractivity contribution is 0.310. The van der Waals surface area contributed by atoms with E-state index in [2.05, 4.69) is 11.6 Å². The van der Waals surface area contributed by atoms with Crippen LogP contribution in [-0.4, -0.2) is 21.6 Å². The molecule has 1 N–H and O–H groups in total. The third-order valence-corrected chi connectivity index (χ3v) is 5.29. The number of nitrogens with one attached hydrogen (secondary N) is 1. The minimum atomic E-state index is -3.42. The Hall–Kier alpha value is -1.07. The molecule has 0 aromatic heterocycles. The van der Waals surface area contributed by atoms with E-state index in [1.807, 2.05) is 0 Å². The Kier molecular flexibility index (Phi) is 4.47. The summed E-state index contributed by atoms with van der Waals surface area (Å²) in [5.41, 5.74) is 0. The van der Waals surface area contributed by atoms with Crippen LogP contribution in [0.2, 0.25) is 0 Å². The van der Waals surface area contributed by atoms with Gasteiger partial charge in [-0.25, -0.2) is 13.1 Å². The van der Waals surface area contributed by atoms with Crippen LogP contribution in [-0.2, 0) is 10.0 Å². The highest BCUT2D eigenvalue weighted by molar-refractivity contribution is 7.89. The average Bonchev–Trinajstić information content (AvgIpc) is 2.41. The molecule has 4 nitrogen and oxygen atoms in total. The molecule has 2 atom stereocenters. The Morgan fingerprint density at radius 3 is 2.37 bits per heavy atom. The van der Waals surface area contributed by atoms with Crippen molar-refractivity contribution in [2.75, 3.05) is 7.11 Å². The zero-order valence-electron chi connectivity index (χ0n) is 11.4. The molecule has 19 heavy (non-hydrogen) atoms. The van der Waals surface area contributed by atoms with E-state index in [4.69, 9.17) is 4.74 Å². The van der Waals surface area contributed by atoms with Gasteiger partial charge in [0.05, 0.1) is 12.0 Å². The van der Waals surface area contributed by atoms with Crippen molar-refractivity contribution in [3.63, 3.8) is 0 Å². The second kappa shape index (κ2) is 5.92. The van der Waals surface area contributed by atoms with Crippen molar-refractivity contribution in [2.24, 2.45) is 5.92 Å². The van der Waals surface area contributed by atoms with Crippen molar-refractivity contribution < 1.29 is 13.2 Å². The number of hydrogen-bond acceptors (Lipinski definition) is 3. The first-order chi connectivity index (χ1) is 9.03. The summed E-state index contributed by atoms with van der Waals surface area (Å²) in [6.45, 7) is 2.11. The third-order valence-electron chi connectivity index (χ3n) is 3.79. The Labute approximate surface area is 115 Å². The van der Waals surface area contributed by atoms with E-state index in [1.54, 1.807) is 31.4 Å². The van der Waals surface area contributed by atoms with Gasteiger partial charge in [0.25, 0.3) is 0 Å². The molecule has 106 valence electrons. The fraction of sp³-hybridized carbons (Fsp3) is 0.571. The number of methoxy groups -OCH3 is 1. The van der Waals surface area contributed by atoms with Crippen LogP contribution in [0.25, 0.3) is 0 Å². The van der Waals surface area contributed by atoms with Gasteiger partial charge in [0.15, 0.2) is 0 Å². The molecule has 1 aromatic carbocycles. The summed E-state index contributed by atoms with van der Waals surface area (Å²) >= 11 is 0. The van der Waals surface area contributed by atoms with E-state index >= 15 is 0 Å². The zero-order valence-corrected chi connectivity index (χ0v) is 12.2.